The highest BCUT2D eigenvalue weighted by atomic mass is 16.2. The van der Waals surface area contributed by atoms with Gasteiger partial charge in [0.15, 0.2) is 0 Å². The number of rotatable bonds is 4. The molecule has 0 radical (unpaired) electrons. The smallest absolute Gasteiger partial charge is 0.291 e. The molecule has 1 atom stereocenters. The Kier molecular flexibility index (Phi) is 4.06. The van der Waals surface area contributed by atoms with E-state index in [9.17, 15) is 4.79 Å². The highest BCUT2D eigenvalue weighted by Gasteiger charge is 2.24. The molecule has 7 heteroatoms. The first kappa shape index (κ1) is 14.9. The summed E-state index contributed by atoms with van der Waals surface area (Å²) in [5.74, 6) is 0.423. The molecule has 0 saturated carbocycles. The molecule has 0 spiro atoms. The zero-order chi connectivity index (χ0) is 15.7. The fraction of sp³-hybridized carbons (Fsp3) is 0.600. The Morgan fingerprint density at radius 3 is 3.00 bits per heavy atom. The SMILES string of the molecule is CCN1CCCC1CNC(=O)c1nc2nc(C)cc(C)n2n1. The summed E-state index contributed by atoms with van der Waals surface area (Å²) in [6, 6.07) is 2.34. The summed E-state index contributed by atoms with van der Waals surface area (Å²) in [6.45, 7) is 8.77. The van der Waals surface area contributed by atoms with Crippen molar-refractivity contribution in [2.75, 3.05) is 19.6 Å². The predicted molar refractivity (Wildman–Crippen MR) is 82.9 cm³/mol. The number of aryl methyl sites for hydroxylation is 2. The summed E-state index contributed by atoms with van der Waals surface area (Å²) in [7, 11) is 0. The standard InChI is InChI=1S/C15H22N6O/c1-4-20-7-5-6-12(20)9-16-14(22)13-18-15-17-10(2)8-11(3)21(15)19-13/h8,12H,4-7,9H2,1-3H3,(H,16,22). The molecule has 1 amide bonds. The number of carbonyl (C=O) groups is 1. The van der Waals surface area contributed by atoms with Crippen LogP contribution in [-0.2, 0) is 0 Å². The van der Waals surface area contributed by atoms with Crippen molar-refractivity contribution >= 4 is 11.7 Å². The lowest BCUT2D eigenvalue weighted by Crippen LogP contribution is -2.40. The average Bonchev–Trinajstić information content (AvgIpc) is 3.10. The lowest BCUT2D eigenvalue weighted by atomic mass is 10.2. The number of carbonyl (C=O) groups excluding carboxylic acids is 1. The molecule has 0 aliphatic carbocycles. The zero-order valence-corrected chi connectivity index (χ0v) is 13.3. The Labute approximate surface area is 129 Å². The Bertz CT molecular complexity index is 695. The van der Waals surface area contributed by atoms with Gasteiger partial charge in [-0.15, -0.1) is 5.10 Å². The van der Waals surface area contributed by atoms with Gasteiger partial charge in [-0.05, 0) is 45.8 Å². The highest BCUT2D eigenvalue weighted by molar-refractivity contribution is 5.90. The van der Waals surface area contributed by atoms with Crippen molar-refractivity contribution < 1.29 is 4.79 Å². The second kappa shape index (κ2) is 6.00. The molecule has 2 aromatic rings. The molecule has 1 unspecified atom stereocenters. The molecule has 3 rings (SSSR count). The summed E-state index contributed by atoms with van der Waals surface area (Å²) >= 11 is 0. The third kappa shape index (κ3) is 2.81. The van der Waals surface area contributed by atoms with Crippen LogP contribution in [0.2, 0.25) is 0 Å². The number of aromatic nitrogens is 4. The number of hydrogen-bond donors (Lipinski definition) is 1. The number of nitrogens with one attached hydrogen (secondary N) is 1. The summed E-state index contributed by atoms with van der Waals surface area (Å²) < 4.78 is 1.61. The molecule has 7 nitrogen and oxygen atoms in total. The van der Waals surface area contributed by atoms with E-state index in [0.717, 1.165) is 30.9 Å². The highest BCUT2D eigenvalue weighted by Crippen LogP contribution is 2.15. The normalized spacial score (nSPS) is 19.0. The van der Waals surface area contributed by atoms with Crippen LogP contribution in [0, 0.1) is 13.8 Å². The number of nitrogens with zero attached hydrogens (tertiary/aromatic N) is 5. The third-order valence-electron chi connectivity index (χ3n) is 4.22. The molecule has 1 N–H and O–H groups in total. The van der Waals surface area contributed by atoms with Gasteiger partial charge in [0.1, 0.15) is 0 Å². The summed E-state index contributed by atoms with van der Waals surface area (Å²) in [5, 5.41) is 7.21. The molecule has 1 saturated heterocycles. The monoisotopic (exact) mass is 302 g/mol. The van der Waals surface area contributed by atoms with Crippen LogP contribution < -0.4 is 5.32 Å². The molecular weight excluding hydrogens is 280 g/mol. The average molecular weight is 302 g/mol. The van der Waals surface area contributed by atoms with Crippen molar-refractivity contribution in [1.29, 1.82) is 0 Å². The van der Waals surface area contributed by atoms with Gasteiger partial charge in [-0.1, -0.05) is 6.92 Å². The molecule has 118 valence electrons. The first-order valence-corrected chi connectivity index (χ1v) is 7.81. The Morgan fingerprint density at radius 1 is 1.41 bits per heavy atom. The molecular formula is C15H22N6O. The van der Waals surface area contributed by atoms with Gasteiger partial charge in [0.05, 0.1) is 0 Å². The minimum Gasteiger partial charge on any atom is -0.348 e. The molecule has 22 heavy (non-hydrogen) atoms. The molecule has 3 heterocycles. The summed E-state index contributed by atoms with van der Waals surface area (Å²) in [5.41, 5.74) is 1.79. The maximum Gasteiger partial charge on any atom is 0.291 e. The maximum absolute atomic E-state index is 12.3. The molecule has 1 aliphatic rings. The van der Waals surface area contributed by atoms with E-state index < -0.39 is 0 Å². The van der Waals surface area contributed by atoms with Gasteiger partial charge in [0.2, 0.25) is 5.82 Å². The van der Waals surface area contributed by atoms with E-state index in [1.165, 1.54) is 6.42 Å². The van der Waals surface area contributed by atoms with Gasteiger partial charge in [-0.2, -0.15) is 4.98 Å². The van der Waals surface area contributed by atoms with Crippen molar-refractivity contribution in [2.45, 2.75) is 39.7 Å². The van der Waals surface area contributed by atoms with E-state index in [2.05, 4.69) is 32.2 Å². The topological polar surface area (TPSA) is 75.4 Å². The fourth-order valence-corrected chi connectivity index (χ4v) is 3.09. The molecule has 0 aromatic carbocycles. The van der Waals surface area contributed by atoms with Crippen LogP contribution in [0.1, 0.15) is 41.8 Å². The van der Waals surface area contributed by atoms with Crippen LogP contribution in [0.25, 0.3) is 5.78 Å². The van der Waals surface area contributed by atoms with E-state index in [1.807, 2.05) is 19.9 Å². The van der Waals surface area contributed by atoms with Gasteiger partial charge in [0.25, 0.3) is 11.7 Å². The van der Waals surface area contributed by atoms with Crippen LogP contribution >= 0.6 is 0 Å². The van der Waals surface area contributed by atoms with Crippen LogP contribution in [0.5, 0.6) is 0 Å². The Balaban J connectivity index is 1.71. The second-order valence-corrected chi connectivity index (χ2v) is 5.82. The van der Waals surface area contributed by atoms with E-state index in [0.29, 0.717) is 18.4 Å². The number of hydrogen-bond acceptors (Lipinski definition) is 5. The van der Waals surface area contributed by atoms with Gasteiger partial charge in [-0.25, -0.2) is 9.50 Å². The van der Waals surface area contributed by atoms with Crippen molar-refractivity contribution in [2.24, 2.45) is 0 Å². The van der Waals surface area contributed by atoms with E-state index in [-0.39, 0.29) is 11.7 Å². The minimum atomic E-state index is -0.231. The molecule has 0 bridgehead atoms. The summed E-state index contributed by atoms with van der Waals surface area (Å²) in [6.07, 6.45) is 2.33. The number of amides is 1. The van der Waals surface area contributed by atoms with Crippen LogP contribution in [0.3, 0.4) is 0 Å². The largest absolute Gasteiger partial charge is 0.348 e. The maximum atomic E-state index is 12.3. The van der Waals surface area contributed by atoms with E-state index in [1.54, 1.807) is 4.52 Å². The Morgan fingerprint density at radius 2 is 2.23 bits per heavy atom. The van der Waals surface area contributed by atoms with E-state index in [4.69, 9.17) is 0 Å². The van der Waals surface area contributed by atoms with Crippen molar-refractivity contribution in [3.05, 3.63) is 23.3 Å². The molecule has 1 fully saturated rings. The van der Waals surface area contributed by atoms with Crippen LogP contribution in [0.4, 0.5) is 0 Å². The first-order chi connectivity index (χ1) is 10.6. The van der Waals surface area contributed by atoms with Gasteiger partial charge < -0.3 is 5.32 Å². The van der Waals surface area contributed by atoms with Crippen LogP contribution in [0.15, 0.2) is 6.07 Å². The molecule has 2 aromatic heterocycles. The number of fused-ring (bicyclic) bond motifs is 1. The van der Waals surface area contributed by atoms with Gasteiger partial charge >= 0.3 is 0 Å². The van der Waals surface area contributed by atoms with Gasteiger partial charge in [0, 0.05) is 24.0 Å². The predicted octanol–water partition coefficient (Wildman–Crippen LogP) is 0.955. The number of likely N-dealkylation sites (N-methyl/N-ethyl adjacent to an activating group) is 1. The third-order valence-corrected chi connectivity index (χ3v) is 4.22. The van der Waals surface area contributed by atoms with Crippen molar-refractivity contribution in [3.8, 4) is 0 Å². The molecule has 1 aliphatic heterocycles. The van der Waals surface area contributed by atoms with Crippen LogP contribution in [-0.4, -0.2) is 56.1 Å². The quantitative estimate of drug-likeness (QED) is 0.910. The Hall–Kier alpha value is -2.02. The van der Waals surface area contributed by atoms with Crippen molar-refractivity contribution in [3.63, 3.8) is 0 Å². The number of likely N-dealkylation sites (tertiary alicyclic amines) is 1. The first-order valence-electron chi connectivity index (χ1n) is 7.81. The summed E-state index contributed by atoms with van der Waals surface area (Å²) in [4.78, 5) is 23.2. The minimum absolute atomic E-state index is 0.183. The van der Waals surface area contributed by atoms with Crippen molar-refractivity contribution in [1.82, 2.24) is 29.8 Å². The lowest BCUT2D eigenvalue weighted by molar-refractivity contribution is 0.0931. The van der Waals surface area contributed by atoms with E-state index >= 15 is 0 Å². The second-order valence-electron chi connectivity index (χ2n) is 5.82. The zero-order valence-electron chi connectivity index (χ0n) is 13.3. The fourth-order valence-electron chi connectivity index (χ4n) is 3.09. The lowest BCUT2D eigenvalue weighted by Gasteiger charge is -2.22. The van der Waals surface area contributed by atoms with Gasteiger partial charge in [-0.3, -0.25) is 9.69 Å².